The first kappa shape index (κ1) is 14.3. The summed E-state index contributed by atoms with van der Waals surface area (Å²) in [6, 6.07) is 5.54. The largest absolute Gasteiger partial charge is 0.431 e. The lowest BCUT2D eigenvalue weighted by Gasteiger charge is -2.15. The predicted octanol–water partition coefficient (Wildman–Crippen LogP) is 2.26. The highest BCUT2D eigenvalue weighted by Gasteiger charge is 2.31. The van der Waals surface area contributed by atoms with Crippen LogP contribution in [0.2, 0.25) is 0 Å². The molecule has 0 fully saturated rings. The molecule has 0 spiro atoms. The number of rotatable bonds is 5. The van der Waals surface area contributed by atoms with E-state index in [2.05, 4.69) is 4.74 Å². The normalized spacial score (nSPS) is 11.2. The van der Waals surface area contributed by atoms with Gasteiger partial charge in [-0.1, -0.05) is 12.1 Å². The van der Waals surface area contributed by atoms with Crippen molar-refractivity contribution in [2.24, 2.45) is 0 Å². The SMILES string of the molecule is CN(C)C(=O)Cc1ccc(OC(F)(F)CF)cc1. The van der Waals surface area contributed by atoms with Crippen LogP contribution in [-0.4, -0.2) is 37.7 Å². The number of amides is 1. The zero-order valence-electron chi connectivity index (χ0n) is 10.1. The van der Waals surface area contributed by atoms with Crippen LogP contribution in [0.3, 0.4) is 0 Å². The van der Waals surface area contributed by atoms with Gasteiger partial charge in [-0.05, 0) is 17.7 Å². The van der Waals surface area contributed by atoms with Gasteiger partial charge in [0.15, 0.2) is 6.67 Å². The lowest BCUT2D eigenvalue weighted by atomic mass is 10.1. The van der Waals surface area contributed by atoms with E-state index in [9.17, 15) is 18.0 Å². The van der Waals surface area contributed by atoms with Crippen molar-refractivity contribution in [3.63, 3.8) is 0 Å². The van der Waals surface area contributed by atoms with Gasteiger partial charge in [-0.25, -0.2) is 4.39 Å². The van der Waals surface area contributed by atoms with Crippen molar-refractivity contribution in [1.29, 1.82) is 0 Å². The fourth-order valence-corrected chi connectivity index (χ4v) is 1.21. The maximum atomic E-state index is 12.6. The van der Waals surface area contributed by atoms with E-state index in [1.807, 2.05) is 0 Å². The standard InChI is InChI=1S/C12H14F3NO2/c1-16(2)11(17)7-9-3-5-10(6-4-9)18-12(14,15)8-13/h3-6H,7-8H2,1-2H3. The molecule has 0 heterocycles. The molecule has 0 atom stereocenters. The van der Waals surface area contributed by atoms with Crippen LogP contribution in [-0.2, 0) is 11.2 Å². The maximum absolute atomic E-state index is 12.6. The molecule has 1 aromatic carbocycles. The van der Waals surface area contributed by atoms with Crippen LogP contribution in [0, 0.1) is 0 Å². The summed E-state index contributed by atoms with van der Waals surface area (Å²) < 4.78 is 41.2. The van der Waals surface area contributed by atoms with E-state index in [1.54, 1.807) is 14.1 Å². The van der Waals surface area contributed by atoms with Crippen LogP contribution < -0.4 is 4.74 Å². The second-order valence-electron chi connectivity index (χ2n) is 3.98. The third kappa shape index (κ3) is 4.27. The molecular weight excluding hydrogens is 247 g/mol. The fourth-order valence-electron chi connectivity index (χ4n) is 1.21. The molecule has 0 radical (unpaired) electrons. The molecule has 0 aliphatic carbocycles. The molecule has 18 heavy (non-hydrogen) atoms. The average molecular weight is 261 g/mol. The number of hydrogen-bond acceptors (Lipinski definition) is 2. The third-order valence-electron chi connectivity index (χ3n) is 2.20. The smallest absolute Gasteiger partial charge is 0.427 e. The highest BCUT2D eigenvalue weighted by molar-refractivity contribution is 5.78. The molecule has 6 heteroatoms. The van der Waals surface area contributed by atoms with Gasteiger partial charge in [-0.15, -0.1) is 0 Å². The number of halogens is 3. The predicted molar refractivity (Wildman–Crippen MR) is 60.4 cm³/mol. The van der Waals surface area contributed by atoms with E-state index in [4.69, 9.17) is 0 Å². The van der Waals surface area contributed by atoms with Gasteiger partial charge in [0, 0.05) is 14.1 Å². The zero-order chi connectivity index (χ0) is 13.8. The van der Waals surface area contributed by atoms with E-state index in [0.29, 0.717) is 5.56 Å². The Labute approximate surface area is 103 Å². The number of likely N-dealkylation sites (N-methyl/N-ethyl adjacent to an activating group) is 1. The van der Waals surface area contributed by atoms with Crippen molar-refractivity contribution in [2.45, 2.75) is 12.5 Å². The van der Waals surface area contributed by atoms with Gasteiger partial charge in [-0.2, -0.15) is 8.78 Å². The number of hydrogen-bond donors (Lipinski definition) is 0. The highest BCUT2D eigenvalue weighted by atomic mass is 19.3. The molecule has 0 N–H and O–H groups in total. The van der Waals surface area contributed by atoms with Gasteiger partial charge in [0.25, 0.3) is 0 Å². The van der Waals surface area contributed by atoms with Gasteiger partial charge in [0.2, 0.25) is 5.91 Å². The summed E-state index contributed by atoms with van der Waals surface area (Å²) in [5.41, 5.74) is 0.671. The Hall–Kier alpha value is -1.72. The lowest BCUT2D eigenvalue weighted by molar-refractivity contribution is -0.186. The first-order valence-electron chi connectivity index (χ1n) is 5.26. The number of carbonyl (C=O) groups is 1. The first-order chi connectivity index (χ1) is 8.34. The quantitative estimate of drug-likeness (QED) is 0.813. The van der Waals surface area contributed by atoms with Crippen molar-refractivity contribution >= 4 is 5.91 Å². The van der Waals surface area contributed by atoms with Crippen LogP contribution in [0.15, 0.2) is 24.3 Å². The van der Waals surface area contributed by atoms with Crippen LogP contribution in [0.4, 0.5) is 13.2 Å². The topological polar surface area (TPSA) is 29.5 Å². The van der Waals surface area contributed by atoms with Gasteiger partial charge < -0.3 is 9.64 Å². The molecule has 0 aromatic heterocycles. The number of ether oxygens (including phenoxy) is 1. The molecule has 0 aliphatic rings. The minimum absolute atomic E-state index is 0.0993. The van der Waals surface area contributed by atoms with Crippen molar-refractivity contribution in [2.75, 3.05) is 20.8 Å². The minimum Gasteiger partial charge on any atom is -0.431 e. The Morgan fingerprint density at radius 2 is 1.83 bits per heavy atom. The van der Waals surface area contributed by atoms with Crippen LogP contribution in [0.25, 0.3) is 0 Å². The van der Waals surface area contributed by atoms with E-state index < -0.39 is 12.8 Å². The van der Waals surface area contributed by atoms with Gasteiger partial charge >= 0.3 is 6.11 Å². The van der Waals surface area contributed by atoms with Crippen molar-refractivity contribution < 1.29 is 22.7 Å². The van der Waals surface area contributed by atoms with E-state index in [-0.39, 0.29) is 18.1 Å². The second kappa shape index (κ2) is 5.75. The molecule has 1 amide bonds. The van der Waals surface area contributed by atoms with E-state index >= 15 is 0 Å². The molecule has 0 unspecified atom stereocenters. The van der Waals surface area contributed by atoms with E-state index in [0.717, 1.165) is 0 Å². The highest BCUT2D eigenvalue weighted by Crippen LogP contribution is 2.22. The Balaban J connectivity index is 2.66. The maximum Gasteiger partial charge on any atom is 0.427 e. The number of alkyl halides is 3. The summed E-state index contributed by atoms with van der Waals surface area (Å²) in [5, 5.41) is 0. The number of nitrogens with zero attached hydrogens (tertiary/aromatic N) is 1. The summed E-state index contributed by atoms with van der Waals surface area (Å²) in [7, 11) is 3.25. The Morgan fingerprint density at radius 3 is 2.28 bits per heavy atom. The average Bonchev–Trinajstić information content (AvgIpc) is 2.31. The molecule has 0 saturated carbocycles. The van der Waals surface area contributed by atoms with Gasteiger partial charge in [0.1, 0.15) is 5.75 Å². The Bertz CT molecular complexity index is 404. The number of benzene rings is 1. The summed E-state index contributed by atoms with van der Waals surface area (Å²) in [6.07, 6.45) is -3.65. The molecule has 1 aromatic rings. The lowest BCUT2D eigenvalue weighted by Crippen LogP contribution is -2.27. The molecule has 3 nitrogen and oxygen atoms in total. The van der Waals surface area contributed by atoms with Crippen molar-refractivity contribution in [1.82, 2.24) is 4.90 Å². The molecule has 100 valence electrons. The summed E-state index contributed by atoms with van der Waals surface area (Å²) >= 11 is 0. The number of carbonyl (C=O) groups excluding carboxylic acids is 1. The van der Waals surface area contributed by atoms with Crippen molar-refractivity contribution in [3.8, 4) is 5.75 Å². The van der Waals surface area contributed by atoms with Gasteiger partial charge in [0.05, 0.1) is 6.42 Å². The van der Waals surface area contributed by atoms with E-state index in [1.165, 1.54) is 29.2 Å². The Kier molecular flexibility index (Phi) is 4.58. The molecular formula is C12H14F3NO2. The molecule has 0 aliphatic heterocycles. The second-order valence-corrected chi connectivity index (χ2v) is 3.98. The summed E-state index contributed by atoms with van der Waals surface area (Å²) in [6.45, 7) is -1.88. The third-order valence-corrected chi connectivity index (χ3v) is 2.20. The summed E-state index contributed by atoms with van der Waals surface area (Å²) in [5.74, 6) is -0.239. The molecule has 0 bridgehead atoms. The Morgan fingerprint density at radius 1 is 1.28 bits per heavy atom. The first-order valence-corrected chi connectivity index (χ1v) is 5.26. The monoisotopic (exact) mass is 261 g/mol. The van der Waals surface area contributed by atoms with Crippen LogP contribution >= 0.6 is 0 Å². The minimum atomic E-state index is -3.82. The molecule has 0 saturated heterocycles. The van der Waals surface area contributed by atoms with Crippen LogP contribution in [0.1, 0.15) is 5.56 Å². The van der Waals surface area contributed by atoms with Crippen molar-refractivity contribution in [3.05, 3.63) is 29.8 Å². The van der Waals surface area contributed by atoms with Gasteiger partial charge in [-0.3, -0.25) is 4.79 Å². The summed E-state index contributed by atoms with van der Waals surface area (Å²) in [4.78, 5) is 12.8. The molecule has 1 rings (SSSR count). The zero-order valence-corrected chi connectivity index (χ0v) is 10.1. The van der Waals surface area contributed by atoms with Crippen LogP contribution in [0.5, 0.6) is 5.75 Å². The fraction of sp³-hybridized carbons (Fsp3) is 0.417.